The first-order chi connectivity index (χ1) is 10.9. The molecule has 23 heavy (non-hydrogen) atoms. The van der Waals surface area contributed by atoms with Gasteiger partial charge in [-0.3, -0.25) is 0 Å². The number of aryl methyl sites for hydroxylation is 1. The van der Waals surface area contributed by atoms with Crippen LogP contribution in [0.1, 0.15) is 21.8 Å². The third kappa shape index (κ3) is 3.00. The highest BCUT2D eigenvalue weighted by atomic mass is 32.1. The number of halogens is 3. The molecule has 0 aliphatic rings. The molecular formula is C14H14F3N5S. The van der Waals surface area contributed by atoms with Crippen LogP contribution >= 0.6 is 11.3 Å². The summed E-state index contributed by atoms with van der Waals surface area (Å²) in [4.78, 5) is 1.20. The van der Waals surface area contributed by atoms with E-state index in [1.54, 1.807) is 25.2 Å². The fourth-order valence-electron chi connectivity index (χ4n) is 2.23. The van der Waals surface area contributed by atoms with Gasteiger partial charge < -0.3 is 5.32 Å². The zero-order valence-corrected chi connectivity index (χ0v) is 13.3. The topological polar surface area (TPSA) is 55.1 Å². The van der Waals surface area contributed by atoms with E-state index in [4.69, 9.17) is 0 Å². The van der Waals surface area contributed by atoms with Crippen molar-refractivity contribution in [1.29, 1.82) is 0 Å². The van der Waals surface area contributed by atoms with Crippen molar-refractivity contribution in [2.75, 3.05) is 11.9 Å². The number of alkyl halides is 3. The molecule has 0 fully saturated rings. The monoisotopic (exact) mass is 341 g/mol. The normalized spacial score (nSPS) is 12.0. The molecule has 122 valence electrons. The van der Waals surface area contributed by atoms with Crippen LogP contribution in [0.25, 0.3) is 5.65 Å². The second-order valence-corrected chi connectivity index (χ2v) is 6.14. The summed E-state index contributed by atoms with van der Waals surface area (Å²) in [6.45, 7) is 4.10. The molecule has 0 aromatic carbocycles. The highest BCUT2D eigenvalue weighted by molar-refractivity contribution is 7.09. The first-order valence-electron chi connectivity index (χ1n) is 6.94. The molecule has 0 bridgehead atoms. The van der Waals surface area contributed by atoms with Gasteiger partial charge in [0.05, 0.1) is 0 Å². The van der Waals surface area contributed by atoms with Gasteiger partial charge in [0.1, 0.15) is 5.82 Å². The van der Waals surface area contributed by atoms with E-state index in [9.17, 15) is 13.2 Å². The van der Waals surface area contributed by atoms with Crippen LogP contribution in [0.15, 0.2) is 17.5 Å². The number of fused-ring (bicyclic) bond motifs is 1. The van der Waals surface area contributed by atoms with Crippen LogP contribution in [-0.2, 0) is 12.6 Å². The first kappa shape index (κ1) is 15.7. The Morgan fingerprint density at radius 1 is 1.22 bits per heavy atom. The summed E-state index contributed by atoms with van der Waals surface area (Å²) in [7, 11) is 0. The maximum Gasteiger partial charge on any atom is 0.453 e. The van der Waals surface area contributed by atoms with Crippen LogP contribution < -0.4 is 5.32 Å². The number of hydrogen-bond acceptors (Lipinski definition) is 5. The molecule has 0 radical (unpaired) electrons. The highest BCUT2D eigenvalue weighted by Crippen LogP contribution is 2.29. The second-order valence-electron chi connectivity index (χ2n) is 5.11. The van der Waals surface area contributed by atoms with Crippen molar-refractivity contribution >= 4 is 22.8 Å². The largest absolute Gasteiger partial charge is 0.453 e. The maximum atomic E-state index is 13.0. The van der Waals surface area contributed by atoms with Crippen LogP contribution in [0.3, 0.4) is 0 Å². The van der Waals surface area contributed by atoms with Gasteiger partial charge >= 0.3 is 6.18 Å². The van der Waals surface area contributed by atoms with Gasteiger partial charge in [-0.15, -0.1) is 26.6 Å². The van der Waals surface area contributed by atoms with Gasteiger partial charge in [-0.25, -0.2) is 0 Å². The van der Waals surface area contributed by atoms with Crippen LogP contribution in [0.2, 0.25) is 0 Å². The van der Waals surface area contributed by atoms with Crippen molar-refractivity contribution < 1.29 is 13.2 Å². The molecule has 0 atom stereocenters. The summed E-state index contributed by atoms with van der Waals surface area (Å²) < 4.78 is 39.7. The Morgan fingerprint density at radius 3 is 2.65 bits per heavy atom. The van der Waals surface area contributed by atoms with Crippen molar-refractivity contribution in [2.24, 2.45) is 0 Å². The van der Waals surface area contributed by atoms with E-state index in [1.807, 2.05) is 17.5 Å². The van der Waals surface area contributed by atoms with E-state index in [1.165, 1.54) is 4.88 Å². The lowest BCUT2D eigenvalue weighted by Gasteiger charge is -2.12. The molecule has 0 saturated carbocycles. The van der Waals surface area contributed by atoms with E-state index in [0.717, 1.165) is 16.5 Å². The third-order valence-corrected chi connectivity index (χ3v) is 4.53. The quantitative estimate of drug-likeness (QED) is 0.789. The number of nitrogens with zero attached hydrogens (tertiary/aromatic N) is 4. The van der Waals surface area contributed by atoms with Crippen molar-refractivity contribution in [3.8, 4) is 0 Å². The number of thiophene rings is 1. The number of aromatic nitrogens is 4. The van der Waals surface area contributed by atoms with Crippen LogP contribution in [0.4, 0.5) is 19.0 Å². The number of anilines is 1. The van der Waals surface area contributed by atoms with Crippen LogP contribution in [-0.4, -0.2) is 26.4 Å². The fourth-order valence-corrected chi connectivity index (χ4v) is 2.94. The van der Waals surface area contributed by atoms with E-state index < -0.39 is 12.0 Å². The lowest BCUT2D eigenvalue weighted by Crippen LogP contribution is -2.15. The fraction of sp³-hybridized carbons (Fsp3) is 0.357. The number of nitrogens with one attached hydrogen (secondary N) is 1. The van der Waals surface area contributed by atoms with Gasteiger partial charge in [0.15, 0.2) is 5.65 Å². The Balaban J connectivity index is 1.91. The molecule has 3 aromatic rings. The minimum Gasteiger partial charge on any atom is -0.368 e. The summed E-state index contributed by atoms with van der Waals surface area (Å²) >= 11 is 1.64. The van der Waals surface area contributed by atoms with Gasteiger partial charge in [-0.05, 0) is 37.3 Å². The summed E-state index contributed by atoms with van der Waals surface area (Å²) in [5.74, 6) is -0.700. The molecule has 3 aromatic heterocycles. The molecule has 3 heterocycles. The lowest BCUT2D eigenvalue weighted by atomic mass is 10.2. The van der Waals surface area contributed by atoms with E-state index in [-0.39, 0.29) is 5.65 Å². The van der Waals surface area contributed by atoms with Gasteiger partial charge in [0, 0.05) is 17.0 Å². The molecule has 0 amide bonds. The SMILES string of the molecule is Cc1c(NCCc2cccs2)nn2c(C(F)(F)F)nnc2c1C. The van der Waals surface area contributed by atoms with Crippen molar-refractivity contribution in [3.63, 3.8) is 0 Å². The Kier molecular flexibility index (Phi) is 3.97. The first-order valence-corrected chi connectivity index (χ1v) is 7.82. The van der Waals surface area contributed by atoms with Gasteiger partial charge in [0.2, 0.25) is 0 Å². The van der Waals surface area contributed by atoms with Gasteiger partial charge in [0.25, 0.3) is 5.82 Å². The highest BCUT2D eigenvalue weighted by Gasteiger charge is 2.38. The maximum absolute atomic E-state index is 13.0. The summed E-state index contributed by atoms with van der Waals surface area (Å²) in [6.07, 6.45) is -3.81. The van der Waals surface area contributed by atoms with Crippen molar-refractivity contribution in [2.45, 2.75) is 26.4 Å². The van der Waals surface area contributed by atoms with E-state index in [0.29, 0.717) is 17.9 Å². The molecule has 0 saturated heterocycles. The molecular weight excluding hydrogens is 327 g/mol. The second kappa shape index (κ2) is 5.80. The molecule has 0 aliphatic heterocycles. The molecule has 1 N–H and O–H groups in total. The zero-order valence-electron chi connectivity index (χ0n) is 12.5. The third-order valence-electron chi connectivity index (χ3n) is 3.59. The minimum atomic E-state index is -4.59. The predicted octanol–water partition coefficient (Wildman–Crippen LogP) is 3.48. The Hall–Kier alpha value is -2.16. The summed E-state index contributed by atoms with van der Waals surface area (Å²) in [6, 6.07) is 3.98. The van der Waals surface area contributed by atoms with Crippen LogP contribution in [0, 0.1) is 13.8 Å². The van der Waals surface area contributed by atoms with Crippen molar-refractivity contribution in [1.82, 2.24) is 19.8 Å². The minimum absolute atomic E-state index is 0.124. The molecule has 0 unspecified atom stereocenters. The Labute approximate surface area is 134 Å². The standard InChI is InChI=1S/C14H14F3N5S/c1-8-9(2)12-19-20-13(14(15,16)17)22(12)21-11(8)18-6-5-10-4-3-7-23-10/h3-4,7H,5-6H2,1-2H3,(H,18,21). The average molecular weight is 341 g/mol. The molecule has 0 spiro atoms. The summed E-state index contributed by atoms with van der Waals surface area (Å²) in [5, 5.41) is 16.0. The van der Waals surface area contributed by atoms with E-state index >= 15 is 0 Å². The Morgan fingerprint density at radius 2 is 2.00 bits per heavy atom. The smallest absolute Gasteiger partial charge is 0.368 e. The number of hydrogen-bond donors (Lipinski definition) is 1. The van der Waals surface area contributed by atoms with Crippen LogP contribution in [0.5, 0.6) is 0 Å². The summed E-state index contributed by atoms with van der Waals surface area (Å²) in [5.41, 5.74) is 1.52. The predicted molar refractivity (Wildman–Crippen MR) is 81.8 cm³/mol. The van der Waals surface area contributed by atoms with Crippen molar-refractivity contribution in [3.05, 3.63) is 39.3 Å². The lowest BCUT2D eigenvalue weighted by molar-refractivity contribution is -0.146. The van der Waals surface area contributed by atoms with Gasteiger partial charge in [-0.2, -0.15) is 17.7 Å². The zero-order chi connectivity index (χ0) is 16.6. The Bertz CT molecular complexity index is 823. The van der Waals surface area contributed by atoms with E-state index in [2.05, 4.69) is 20.6 Å². The average Bonchev–Trinajstić information content (AvgIpc) is 3.12. The van der Waals surface area contributed by atoms with Gasteiger partial charge in [-0.1, -0.05) is 6.07 Å². The number of rotatable bonds is 4. The molecule has 9 heteroatoms. The molecule has 0 aliphatic carbocycles. The molecule has 5 nitrogen and oxygen atoms in total. The molecule has 3 rings (SSSR count).